The predicted molar refractivity (Wildman–Crippen MR) is 82.7 cm³/mol. The van der Waals surface area contributed by atoms with E-state index < -0.39 is 6.04 Å². The lowest BCUT2D eigenvalue weighted by molar-refractivity contribution is -0.142. The van der Waals surface area contributed by atoms with Crippen LogP contribution in [-0.4, -0.2) is 30.6 Å². The molecule has 0 bridgehead atoms. The van der Waals surface area contributed by atoms with E-state index in [1.54, 1.807) is 0 Å². The monoisotopic (exact) mass is 343 g/mol. The second kappa shape index (κ2) is 9.91. The van der Waals surface area contributed by atoms with Crippen LogP contribution in [0.3, 0.4) is 0 Å². The Kier molecular flexibility index (Phi) is 8.49. The first kappa shape index (κ1) is 17.1. The molecular formula is C15H22BrNO3. The molecule has 0 aliphatic carbocycles. The number of benzene rings is 1. The number of halogens is 1. The van der Waals surface area contributed by atoms with Crippen LogP contribution >= 0.6 is 15.9 Å². The highest BCUT2D eigenvalue weighted by molar-refractivity contribution is 9.09. The quantitative estimate of drug-likeness (QED) is 0.553. The molecule has 4 nitrogen and oxygen atoms in total. The molecule has 1 rings (SSSR count). The fraction of sp³-hybridized carbons (Fsp3) is 0.533. The van der Waals surface area contributed by atoms with Gasteiger partial charge < -0.3 is 15.2 Å². The molecule has 0 radical (unpaired) electrons. The summed E-state index contributed by atoms with van der Waals surface area (Å²) in [5, 5.41) is 0.861. The van der Waals surface area contributed by atoms with Gasteiger partial charge in [-0.25, -0.2) is 0 Å². The Hall–Kier alpha value is -0.910. The molecule has 2 N–H and O–H groups in total. The third-order valence-electron chi connectivity index (χ3n) is 3.06. The molecule has 5 heteroatoms. The molecule has 0 spiro atoms. The van der Waals surface area contributed by atoms with Crippen molar-refractivity contribution in [1.82, 2.24) is 0 Å². The van der Waals surface area contributed by atoms with Crippen LogP contribution in [-0.2, 0) is 20.9 Å². The van der Waals surface area contributed by atoms with Gasteiger partial charge in [-0.05, 0) is 24.8 Å². The molecule has 1 aromatic rings. The fourth-order valence-corrected chi connectivity index (χ4v) is 2.37. The first-order chi connectivity index (χ1) is 9.67. The lowest BCUT2D eigenvalue weighted by Crippen LogP contribution is -2.32. The highest BCUT2D eigenvalue weighted by atomic mass is 79.9. The largest absolute Gasteiger partial charge is 0.468 e. The maximum atomic E-state index is 11.3. The number of hydrogen-bond acceptors (Lipinski definition) is 4. The van der Waals surface area contributed by atoms with Crippen molar-refractivity contribution in [2.24, 2.45) is 5.73 Å². The van der Waals surface area contributed by atoms with Gasteiger partial charge in [0.15, 0.2) is 0 Å². The zero-order chi connectivity index (χ0) is 14.8. The SMILES string of the molecule is COC(=O)[C@@H](N)CCC(CCBr)OCc1ccccc1. The topological polar surface area (TPSA) is 61.5 Å². The number of alkyl halides is 1. The van der Waals surface area contributed by atoms with E-state index in [1.807, 2.05) is 30.3 Å². The van der Waals surface area contributed by atoms with Gasteiger partial charge in [0.2, 0.25) is 0 Å². The van der Waals surface area contributed by atoms with E-state index in [1.165, 1.54) is 7.11 Å². The van der Waals surface area contributed by atoms with Gasteiger partial charge in [-0.1, -0.05) is 46.3 Å². The molecular weight excluding hydrogens is 322 g/mol. The summed E-state index contributed by atoms with van der Waals surface area (Å²) in [6, 6.07) is 9.46. The van der Waals surface area contributed by atoms with E-state index in [9.17, 15) is 4.79 Å². The van der Waals surface area contributed by atoms with Crippen LogP contribution < -0.4 is 5.73 Å². The molecule has 0 saturated carbocycles. The Labute approximate surface area is 128 Å². The molecule has 2 atom stereocenters. The van der Waals surface area contributed by atoms with Crippen molar-refractivity contribution in [2.45, 2.75) is 38.0 Å². The molecule has 0 heterocycles. The number of hydrogen-bond donors (Lipinski definition) is 1. The third kappa shape index (κ3) is 6.50. The summed E-state index contributed by atoms with van der Waals surface area (Å²) in [4.78, 5) is 11.3. The van der Waals surface area contributed by atoms with Gasteiger partial charge in [-0.3, -0.25) is 4.79 Å². The van der Waals surface area contributed by atoms with E-state index in [2.05, 4.69) is 20.7 Å². The number of rotatable bonds is 9. The van der Waals surface area contributed by atoms with Crippen LogP contribution in [0.2, 0.25) is 0 Å². The summed E-state index contributed by atoms with van der Waals surface area (Å²) in [5.74, 6) is -0.370. The summed E-state index contributed by atoms with van der Waals surface area (Å²) in [7, 11) is 1.35. The van der Waals surface area contributed by atoms with Crippen molar-refractivity contribution in [3.05, 3.63) is 35.9 Å². The zero-order valence-electron chi connectivity index (χ0n) is 11.8. The van der Waals surface area contributed by atoms with Gasteiger partial charge >= 0.3 is 5.97 Å². The molecule has 0 aromatic heterocycles. The minimum Gasteiger partial charge on any atom is -0.468 e. The first-order valence-corrected chi connectivity index (χ1v) is 7.84. The van der Waals surface area contributed by atoms with Crippen LogP contribution in [0.15, 0.2) is 30.3 Å². The van der Waals surface area contributed by atoms with Crippen molar-refractivity contribution in [3.63, 3.8) is 0 Å². The average Bonchev–Trinajstić information content (AvgIpc) is 2.49. The number of nitrogens with two attached hydrogens (primary N) is 1. The Morgan fingerprint density at radius 3 is 2.55 bits per heavy atom. The fourth-order valence-electron chi connectivity index (χ4n) is 1.86. The molecule has 0 amide bonds. The summed E-state index contributed by atoms with van der Waals surface area (Å²) >= 11 is 3.42. The normalized spacial score (nSPS) is 13.8. The highest BCUT2D eigenvalue weighted by Crippen LogP contribution is 2.13. The number of carbonyl (C=O) groups is 1. The van der Waals surface area contributed by atoms with Crippen molar-refractivity contribution >= 4 is 21.9 Å². The molecule has 1 unspecified atom stereocenters. The average molecular weight is 344 g/mol. The Morgan fingerprint density at radius 2 is 1.95 bits per heavy atom. The Balaban J connectivity index is 2.38. The van der Waals surface area contributed by atoms with E-state index in [4.69, 9.17) is 10.5 Å². The van der Waals surface area contributed by atoms with Crippen LogP contribution in [0.1, 0.15) is 24.8 Å². The predicted octanol–water partition coefficient (Wildman–Crippen LogP) is 2.64. The van der Waals surface area contributed by atoms with Crippen LogP contribution in [0.4, 0.5) is 0 Å². The highest BCUT2D eigenvalue weighted by Gasteiger charge is 2.17. The van der Waals surface area contributed by atoms with Gasteiger partial charge in [0.25, 0.3) is 0 Å². The minimum absolute atomic E-state index is 0.0882. The summed E-state index contributed by atoms with van der Waals surface area (Å²) in [6.07, 6.45) is 2.29. The van der Waals surface area contributed by atoms with Crippen LogP contribution in [0.25, 0.3) is 0 Å². The van der Waals surface area contributed by atoms with Crippen LogP contribution in [0, 0.1) is 0 Å². The van der Waals surface area contributed by atoms with E-state index in [0.717, 1.165) is 23.7 Å². The molecule has 0 aliphatic heterocycles. The van der Waals surface area contributed by atoms with Crippen molar-refractivity contribution in [1.29, 1.82) is 0 Å². The number of esters is 1. The van der Waals surface area contributed by atoms with Gasteiger partial charge in [0.1, 0.15) is 6.04 Å². The molecule has 1 aromatic carbocycles. The lowest BCUT2D eigenvalue weighted by Gasteiger charge is -2.18. The van der Waals surface area contributed by atoms with Crippen molar-refractivity contribution < 1.29 is 14.3 Å². The van der Waals surface area contributed by atoms with E-state index in [-0.39, 0.29) is 12.1 Å². The van der Waals surface area contributed by atoms with Gasteiger partial charge in [0, 0.05) is 5.33 Å². The standard InChI is InChI=1S/C15H22BrNO3/c1-19-15(18)14(17)8-7-13(9-10-16)20-11-12-5-3-2-4-6-12/h2-6,13-14H,7-11,17H2,1H3/t13?,14-/m0/s1. The van der Waals surface area contributed by atoms with E-state index in [0.29, 0.717) is 13.0 Å². The second-order valence-electron chi connectivity index (χ2n) is 4.60. The Bertz CT molecular complexity index is 386. The van der Waals surface area contributed by atoms with Gasteiger partial charge in [-0.2, -0.15) is 0 Å². The molecule has 20 heavy (non-hydrogen) atoms. The van der Waals surface area contributed by atoms with Gasteiger partial charge in [-0.15, -0.1) is 0 Å². The summed E-state index contributed by atoms with van der Waals surface area (Å²) in [6.45, 7) is 0.575. The van der Waals surface area contributed by atoms with E-state index >= 15 is 0 Å². The molecule has 0 saturated heterocycles. The minimum atomic E-state index is -0.571. The van der Waals surface area contributed by atoms with Crippen molar-refractivity contribution in [3.8, 4) is 0 Å². The maximum Gasteiger partial charge on any atom is 0.322 e. The Morgan fingerprint density at radius 1 is 1.25 bits per heavy atom. The molecule has 112 valence electrons. The number of carbonyl (C=O) groups excluding carboxylic acids is 1. The lowest BCUT2D eigenvalue weighted by atomic mass is 10.1. The zero-order valence-corrected chi connectivity index (χ0v) is 13.3. The smallest absolute Gasteiger partial charge is 0.322 e. The van der Waals surface area contributed by atoms with Gasteiger partial charge in [0.05, 0.1) is 19.8 Å². The number of methoxy groups -OCH3 is 1. The van der Waals surface area contributed by atoms with Crippen molar-refractivity contribution in [2.75, 3.05) is 12.4 Å². The maximum absolute atomic E-state index is 11.3. The summed E-state index contributed by atoms with van der Waals surface area (Å²) in [5.41, 5.74) is 6.88. The van der Waals surface area contributed by atoms with Crippen LogP contribution in [0.5, 0.6) is 0 Å². The second-order valence-corrected chi connectivity index (χ2v) is 5.40. The molecule has 0 aliphatic rings. The number of ether oxygens (including phenoxy) is 2. The third-order valence-corrected chi connectivity index (χ3v) is 3.52. The first-order valence-electron chi connectivity index (χ1n) is 6.72. The molecule has 0 fully saturated rings. The summed E-state index contributed by atoms with van der Waals surface area (Å²) < 4.78 is 10.5.